The summed E-state index contributed by atoms with van der Waals surface area (Å²) in [6, 6.07) is 16.5. The molecule has 0 atom stereocenters. The SMILES string of the molecule is C1CCC(N2CCOCC2)CC1.C=c1nc(-c2ccc(OC=O)c3c2OCCO3)c2c([nH+]1)N=c1cc(-c3c(C)noc3C)c(OC)cc1=2.CC.COc1cc2c(cc1-c1c(C)noc1C)[nH]c1nc(C)nc(-c3ccc(C(=O)N4CCC(N5CCOCC5)CC4)c4c3OCCO4)c12.[3H][B]O. The van der Waals surface area contributed by atoms with E-state index in [9.17, 15) is 9.59 Å². The van der Waals surface area contributed by atoms with Crippen molar-refractivity contribution >= 4 is 54.7 Å². The minimum absolute atomic E-state index is 0.0357. The number of carbonyl (C=O) groups excluding carboxylic acids is 2. The van der Waals surface area contributed by atoms with E-state index in [0.717, 1.165) is 130 Å². The number of aryl methyl sites for hydroxylation is 5. The first kappa shape index (κ1) is 68.1. The lowest BCUT2D eigenvalue weighted by Gasteiger charge is -2.40. The van der Waals surface area contributed by atoms with Crippen LogP contribution in [0.2, 0.25) is 0 Å². The van der Waals surface area contributed by atoms with Gasteiger partial charge in [0.25, 0.3) is 31.7 Å². The van der Waals surface area contributed by atoms with E-state index in [4.69, 9.17) is 78.0 Å². The van der Waals surface area contributed by atoms with Crippen molar-refractivity contribution in [3.8, 4) is 85.0 Å². The Balaban J connectivity index is 0.000000157. The van der Waals surface area contributed by atoms with Crippen LogP contribution in [0.15, 0.2) is 62.6 Å². The average Bonchev–Trinajstić information content (AvgIpc) is 1.60. The van der Waals surface area contributed by atoms with E-state index in [-0.39, 0.29) is 19.7 Å². The standard InChI is InChI=1S/C35H38N6O6.C26H20N4O6.C10H19NO.C2H6.BH2O/c1-19-29(20(2)47-39-19)26-17-27-25(18-28(26)43-4)30-31(36-21(3)37-34(30)38-27)23-5-6-24(33-32(23)45-15-16-46-33)35(42)41-9-7-22(8-10-41)40-11-13-44-14-12-40;1-12-21(13(2)36-30-12)17-9-18-16(10-20(17)32-4)22-23(27-14(3)28-26(22)29-18)15-5-6-19(35-11-31)25-24(15)33-7-8-34-25;1-2-4-10(5-3-1)11-6-8-12-9-7-11;2*1-2/h5-6,17-18,22H,7-16H2,1-4H3,(H,36,37,38);5-6,9-11H,3,7-8H2,1-2,4H3;10H,1-9H2;1-2H3;1-2H/p+1/i;;;;1T. The summed E-state index contributed by atoms with van der Waals surface area (Å²) in [4.78, 5) is 57.9. The Labute approximate surface area is 575 Å². The van der Waals surface area contributed by atoms with E-state index < -0.39 is 0 Å². The quantitative estimate of drug-likeness (QED) is 0.0904. The second-order valence-electron chi connectivity index (χ2n) is 24.7. The van der Waals surface area contributed by atoms with Crippen molar-refractivity contribution in [3.05, 3.63) is 104 Å². The topological polar surface area (TPSA) is 280 Å². The van der Waals surface area contributed by atoms with Gasteiger partial charge in [-0.15, -0.1) is 9.98 Å². The minimum Gasteiger partial charge on any atom is -0.496 e. The molecular weight excluding hydrogens is 1270 g/mol. The zero-order valence-corrected chi connectivity index (χ0v) is 57.8. The molecule has 4 fully saturated rings. The molecule has 11 heterocycles. The van der Waals surface area contributed by atoms with E-state index >= 15 is 0 Å². The number of hydrogen-bond donors (Lipinski definition) is 2. The molecule has 519 valence electrons. The molecule has 5 aromatic heterocycles. The predicted molar refractivity (Wildman–Crippen MR) is 371 cm³/mol. The van der Waals surface area contributed by atoms with Gasteiger partial charge in [0.05, 0.1) is 85.4 Å². The van der Waals surface area contributed by atoms with Gasteiger partial charge in [-0.2, -0.15) is 0 Å². The number of aromatic amines is 2. The molecule has 1 amide bonds. The molecule has 0 bridgehead atoms. The lowest BCUT2D eigenvalue weighted by atomic mass is 9.94. The van der Waals surface area contributed by atoms with Gasteiger partial charge in [0.15, 0.2) is 28.7 Å². The second kappa shape index (κ2) is 31.2. The Morgan fingerprint density at radius 3 is 1.82 bits per heavy atom. The summed E-state index contributed by atoms with van der Waals surface area (Å²) >= 11 is 0. The number of carbonyl (C=O) groups is 2. The molecular formula is C73H86BN11O14+. The van der Waals surface area contributed by atoms with Crippen molar-refractivity contribution in [2.75, 3.05) is 106 Å². The van der Waals surface area contributed by atoms with E-state index in [2.05, 4.69) is 36.7 Å². The number of piperidine rings is 1. The summed E-state index contributed by atoms with van der Waals surface area (Å²) in [7, 11) is 3.52. The van der Waals surface area contributed by atoms with Crippen molar-refractivity contribution in [2.45, 2.75) is 105 Å². The lowest BCUT2D eigenvalue weighted by molar-refractivity contribution is -0.385. The monoisotopic (exact) mass is 1350 g/mol. The number of methoxy groups -OCH3 is 2. The Morgan fingerprint density at radius 2 is 1.22 bits per heavy atom. The molecule has 99 heavy (non-hydrogen) atoms. The number of ether oxygens (including phenoxy) is 9. The Morgan fingerprint density at radius 1 is 0.667 bits per heavy atom. The van der Waals surface area contributed by atoms with Crippen molar-refractivity contribution < 1.29 is 71.3 Å². The van der Waals surface area contributed by atoms with E-state index in [0.29, 0.717) is 143 Å². The smallest absolute Gasteiger partial charge is 0.298 e. The maximum Gasteiger partial charge on any atom is 0.298 e. The van der Waals surface area contributed by atoms with Gasteiger partial charge in [0, 0.05) is 85.5 Å². The van der Waals surface area contributed by atoms with Crippen LogP contribution in [0, 0.1) is 45.1 Å². The van der Waals surface area contributed by atoms with Gasteiger partial charge in [-0.05, 0) is 115 Å². The minimum atomic E-state index is -0.0357. The fraction of sp³-hybridized carbons (Fsp3) is 0.438. The number of likely N-dealkylation sites (tertiary alicyclic amines) is 1. The predicted octanol–water partition coefficient (Wildman–Crippen LogP) is 8.66. The molecule has 26 heteroatoms. The molecule has 0 unspecified atom stereocenters. The van der Waals surface area contributed by atoms with Gasteiger partial charge >= 0.3 is 0 Å². The zero-order valence-electron chi connectivity index (χ0n) is 58.8. The first-order chi connectivity index (χ1) is 48.8. The van der Waals surface area contributed by atoms with E-state index in [1.165, 1.54) is 45.2 Å². The second-order valence-corrected chi connectivity index (χ2v) is 24.7. The van der Waals surface area contributed by atoms with Gasteiger partial charge in [-0.3, -0.25) is 19.4 Å². The summed E-state index contributed by atoms with van der Waals surface area (Å²) in [5, 5.41) is 19.4. The van der Waals surface area contributed by atoms with Crippen molar-refractivity contribution in [3.63, 3.8) is 0 Å². The van der Waals surface area contributed by atoms with Gasteiger partial charge in [-0.25, -0.2) is 15.0 Å². The number of H-pyrrole nitrogens is 2. The number of aromatic nitrogens is 7. The normalized spacial score (nSPS) is 16.7. The molecule has 3 N–H and O–H groups in total. The largest absolute Gasteiger partial charge is 0.496 e. The molecule has 7 aliphatic rings. The number of nitrogens with one attached hydrogen (secondary N) is 2. The summed E-state index contributed by atoms with van der Waals surface area (Å²) in [5.74, 6) is 5.96. The van der Waals surface area contributed by atoms with Crippen LogP contribution in [0.5, 0.6) is 40.2 Å². The molecule has 4 aromatic carbocycles. The summed E-state index contributed by atoms with van der Waals surface area (Å²) in [5.41, 5.74) is 10.2. The number of amides is 1. The molecule has 0 spiro atoms. The van der Waals surface area contributed by atoms with Crippen LogP contribution in [0.3, 0.4) is 0 Å². The van der Waals surface area contributed by atoms with Crippen molar-refractivity contribution in [1.82, 2.24) is 44.9 Å². The van der Waals surface area contributed by atoms with Crippen LogP contribution < -0.4 is 49.0 Å². The Bertz CT molecular complexity index is 4620. The number of fused-ring (bicyclic) bond motifs is 7. The fourth-order valence-corrected chi connectivity index (χ4v) is 14.5. The third-order valence-electron chi connectivity index (χ3n) is 19.0. The highest BCUT2D eigenvalue weighted by molar-refractivity contribution is 6.14. The third-order valence-corrected chi connectivity index (χ3v) is 19.0. The number of morpholine rings is 2. The van der Waals surface area contributed by atoms with Crippen LogP contribution in [0.4, 0.5) is 5.82 Å². The molecule has 1 radical (unpaired) electrons. The van der Waals surface area contributed by atoms with Crippen LogP contribution in [-0.2, 0) is 14.3 Å². The molecule has 16 rings (SSSR count). The highest BCUT2D eigenvalue weighted by atomic mass is 16.6. The first-order valence-corrected chi connectivity index (χ1v) is 34.0. The molecule has 1 aliphatic carbocycles. The summed E-state index contributed by atoms with van der Waals surface area (Å²) in [6.07, 6.45) is 9.11. The third kappa shape index (κ3) is 14.0. The van der Waals surface area contributed by atoms with Gasteiger partial charge in [-0.1, -0.05) is 43.4 Å². The van der Waals surface area contributed by atoms with Crippen LogP contribution >= 0.6 is 0 Å². The number of hydrogen-bond acceptors (Lipinski definition) is 22. The van der Waals surface area contributed by atoms with Gasteiger partial charge < -0.3 is 66.6 Å². The molecule has 9 aromatic rings. The number of nitrogens with zero attached hydrogens (tertiary/aromatic N) is 9. The summed E-state index contributed by atoms with van der Waals surface area (Å²) in [6.45, 7) is 28.3. The van der Waals surface area contributed by atoms with Gasteiger partial charge in [0.1, 0.15) is 71.5 Å². The molecule has 3 saturated heterocycles. The van der Waals surface area contributed by atoms with Crippen LogP contribution in [0.1, 0.15) is 97.9 Å². The highest BCUT2D eigenvalue weighted by Crippen LogP contribution is 2.49. The summed E-state index contributed by atoms with van der Waals surface area (Å²) < 4.78 is 68.3. The number of rotatable bonds is 11. The molecule has 6 aliphatic heterocycles. The lowest BCUT2D eigenvalue weighted by Crippen LogP contribution is -2.50. The van der Waals surface area contributed by atoms with Crippen molar-refractivity contribution in [1.29, 1.82) is 1.34 Å². The van der Waals surface area contributed by atoms with Crippen LogP contribution in [-0.4, -0.2) is 190 Å². The van der Waals surface area contributed by atoms with Crippen molar-refractivity contribution in [2.24, 2.45) is 4.99 Å². The Kier molecular flexibility index (Phi) is 21.4. The highest BCUT2D eigenvalue weighted by Gasteiger charge is 2.35. The molecule has 25 nitrogen and oxygen atoms in total. The Hall–Kier alpha value is -9.47. The first-order valence-electron chi connectivity index (χ1n) is 34.6. The average molecular weight is 1350 g/mol. The fourth-order valence-electron chi connectivity index (χ4n) is 14.5. The number of benzene rings is 4. The van der Waals surface area contributed by atoms with E-state index in [1.807, 2.05) is 89.8 Å². The van der Waals surface area contributed by atoms with Crippen LogP contribution in [0.25, 0.3) is 73.3 Å². The molecule has 1 saturated carbocycles. The maximum atomic E-state index is 14.0. The van der Waals surface area contributed by atoms with E-state index in [1.54, 1.807) is 26.4 Å². The maximum absolute atomic E-state index is 14.0. The van der Waals surface area contributed by atoms with Gasteiger partial charge in [0.2, 0.25) is 5.75 Å². The zero-order chi connectivity index (χ0) is 70.1.